The van der Waals surface area contributed by atoms with E-state index in [2.05, 4.69) is 90.2 Å². The van der Waals surface area contributed by atoms with Crippen molar-refractivity contribution in [2.75, 3.05) is 66.8 Å². The Morgan fingerprint density at radius 1 is 0.286 bits per heavy atom. The molecule has 0 aliphatic carbocycles. The number of benzene rings is 12. The summed E-state index contributed by atoms with van der Waals surface area (Å²) in [5.41, 5.74) is 61.1. The third-order valence-electron chi connectivity index (χ3n) is 19.5. The van der Waals surface area contributed by atoms with Crippen LogP contribution in [-0.4, -0.2) is 90.9 Å². The van der Waals surface area contributed by atoms with E-state index in [0.717, 1.165) is 144 Å². The topological polar surface area (TPSA) is 266 Å². The molecule has 0 saturated heterocycles. The largest absolute Gasteiger partial charge is 0.497 e. The molecule has 4 atom stereocenters. The Morgan fingerprint density at radius 3 is 0.790 bits per heavy atom. The van der Waals surface area contributed by atoms with Crippen LogP contribution in [0.25, 0.3) is 89.0 Å². The number of hydrogen-bond acceptors (Lipinski definition) is 14. The van der Waals surface area contributed by atoms with E-state index in [1.165, 1.54) is 76.3 Å². The van der Waals surface area contributed by atoms with Crippen LogP contribution in [0.15, 0.2) is 279 Å². The first-order chi connectivity index (χ1) is 57.4. The molecule has 0 saturated carbocycles. The highest BCUT2D eigenvalue weighted by Gasteiger charge is 2.31. The predicted octanol–water partition coefficient (Wildman–Crippen LogP) is 19.9. The third-order valence-corrected chi connectivity index (χ3v) is 19.5. The zero-order valence-corrected chi connectivity index (χ0v) is 67.1. The van der Waals surface area contributed by atoms with E-state index >= 15 is 0 Å². The summed E-state index contributed by atoms with van der Waals surface area (Å²) in [6, 6.07) is 82.4. The van der Waals surface area contributed by atoms with E-state index in [4.69, 9.17) is 69.6 Å². The molecule has 12 rings (SSSR count). The number of halogens is 8. The third kappa shape index (κ3) is 29.9. The van der Waals surface area contributed by atoms with Crippen molar-refractivity contribution in [3.05, 3.63) is 307 Å². The van der Waals surface area contributed by atoms with Gasteiger partial charge in [0.1, 0.15) is 60.2 Å². The Hall–Kier alpha value is -11.3. The fraction of sp³-hybridized carbons (Fsp3) is 0.258. The van der Waals surface area contributed by atoms with Crippen molar-refractivity contribution in [2.45, 2.75) is 94.4 Å². The smallest absolute Gasteiger partial charge is 0.416 e. The second-order valence-corrected chi connectivity index (χ2v) is 28.8. The molecule has 0 aliphatic rings. The zero-order chi connectivity index (χ0) is 85.1. The summed E-state index contributed by atoms with van der Waals surface area (Å²) in [6.45, 7) is 5.05. The molecule has 14 nitrogen and oxygen atoms in total. The van der Waals surface area contributed by atoms with Crippen LogP contribution in [0.3, 0.4) is 0 Å². The molecule has 17 N–H and O–H groups in total. The van der Waals surface area contributed by atoms with Gasteiger partial charge in [-0.2, -0.15) is 26.3 Å². The van der Waals surface area contributed by atoms with Gasteiger partial charge in [0.2, 0.25) is 0 Å². The van der Waals surface area contributed by atoms with Crippen molar-refractivity contribution in [3.63, 3.8) is 0 Å². The summed E-state index contributed by atoms with van der Waals surface area (Å²) in [5.74, 6) is 2.92. The molecule has 0 unspecified atom stereocenters. The minimum Gasteiger partial charge on any atom is -0.497 e. The molecule has 0 radical (unpaired) electrons. The average Bonchev–Trinajstić information content (AvgIpc) is 0.816. The monoisotopic (exact) mass is 1630 g/mol. The van der Waals surface area contributed by atoms with Gasteiger partial charge >= 0.3 is 12.4 Å². The lowest BCUT2D eigenvalue weighted by Crippen LogP contribution is -2.33. The summed E-state index contributed by atoms with van der Waals surface area (Å²) >= 11 is 0. The van der Waals surface area contributed by atoms with Gasteiger partial charge in [-0.25, -0.2) is 8.78 Å². The number of alkyl halides is 6. The van der Waals surface area contributed by atoms with Gasteiger partial charge < -0.3 is 74.9 Å². The van der Waals surface area contributed by atoms with Crippen molar-refractivity contribution in [2.24, 2.45) is 45.9 Å². The normalized spacial score (nSPS) is 12.3. The van der Waals surface area contributed by atoms with Gasteiger partial charge in [0.15, 0.2) is 0 Å². The molecule has 0 amide bonds. The van der Waals surface area contributed by atoms with E-state index in [9.17, 15) is 35.1 Å². The molecule has 12 aromatic carbocycles. The minimum absolute atomic E-state index is 0.0392. The zero-order valence-electron chi connectivity index (χ0n) is 67.1. The first-order valence-corrected chi connectivity index (χ1v) is 39.7. The van der Waals surface area contributed by atoms with Crippen LogP contribution in [0.5, 0.6) is 28.7 Å². The average molecular weight is 1630 g/mol. The molecule has 0 bridgehead atoms. The fourth-order valence-electron chi connectivity index (χ4n) is 12.9. The number of nitrogens with two attached hydrogens (primary N) is 8. The molecule has 22 heteroatoms. The van der Waals surface area contributed by atoms with Crippen LogP contribution in [0.4, 0.5) is 35.1 Å². The number of rotatable bonds is 35. The van der Waals surface area contributed by atoms with Crippen molar-refractivity contribution < 1.29 is 58.8 Å². The Bertz CT molecular complexity index is 4710. The van der Waals surface area contributed by atoms with Gasteiger partial charge in [-0.05, 0) is 318 Å². The lowest BCUT2D eigenvalue weighted by atomic mass is 9.96. The van der Waals surface area contributed by atoms with Crippen molar-refractivity contribution >= 4 is 0 Å². The maximum absolute atomic E-state index is 13.3. The van der Waals surface area contributed by atoms with Crippen LogP contribution < -0.4 is 74.9 Å². The van der Waals surface area contributed by atoms with Gasteiger partial charge in [0.25, 0.3) is 0 Å². The van der Waals surface area contributed by atoms with Gasteiger partial charge in [-0.1, -0.05) is 133 Å². The maximum Gasteiger partial charge on any atom is 0.416 e. The molecular formula is C97H107F8N9O5. The van der Waals surface area contributed by atoms with Crippen molar-refractivity contribution in [3.8, 4) is 118 Å². The van der Waals surface area contributed by atoms with Crippen molar-refractivity contribution in [1.29, 1.82) is 0 Å². The standard InChI is InChI=1S/C25H24F6N2O.C25H30N2O3.C24H29N3.C23H24F2N2O/c26-24(27,28)20-7-3-16(4-8-20)18-12-19(17-5-9-21(10-6-17)25(29,30)31)14-23(13-18)34-15-22(33)2-1-11-32;1-28-23-9-5-18(6-10-23)20-14-21(19-7-11-24(29-2)12-8-19)16-25(15-20)30-17-22(27)4-3-13-26;25-13-7-12-24(26)18-27-17-19-14-22(20-8-3-1-4-9-20)16-23(15-19)21-10-5-2-6-11-21;24-20-7-3-16(4-8-20)18-12-19(17-5-9-21(25)10-6-17)14-23(13-18)28-15-22(27)2-1-11-26/h3-10,12-14,22H,1-2,11,15,32-33H2;5-12,14-16,22H,3-4,13,17,26-27H2,1-2H3;1-6,8-11,14-16,24,27H,7,12-13,17-18,25-26H2;3-10,12-14,22H,1-2,11,15,26-27H2/t2*22-;24-;22-/m0000/s1. The molecule has 0 fully saturated rings. The molecule has 0 spiro atoms. The lowest BCUT2D eigenvalue weighted by molar-refractivity contribution is -0.138. The second kappa shape index (κ2) is 46.8. The quantitative estimate of drug-likeness (QED) is 0.0167. The number of nitrogens with one attached hydrogen (secondary N) is 1. The predicted molar refractivity (Wildman–Crippen MR) is 466 cm³/mol. The first kappa shape index (κ1) is 91.6. The highest BCUT2D eigenvalue weighted by Crippen LogP contribution is 2.39. The van der Waals surface area contributed by atoms with E-state index in [0.29, 0.717) is 79.6 Å². The van der Waals surface area contributed by atoms with Crippen LogP contribution in [0.2, 0.25) is 0 Å². The summed E-state index contributed by atoms with van der Waals surface area (Å²) in [5, 5.41) is 3.50. The molecular weight excluding hydrogens is 1520 g/mol. The summed E-state index contributed by atoms with van der Waals surface area (Å²) in [7, 11) is 3.33. The van der Waals surface area contributed by atoms with Crippen LogP contribution in [-0.2, 0) is 18.9 Å². The van der Waals surface area contributed by atoms with Gasteiger partial charge in [0.05, 0.1) is 25.3 Å². The Kier molecular flexibility index (Phi) is 36.0. The summed E-state index contributed by atoms with van der Waals surface area (Å²) in [6.07, 6.45) is -2.22. The molecule has 12 aromatic rings. The van der Waals surface area contributed by atoms with Crippen LogP contribution in [0, 0.1) is 11.6 Å². The van der Waals surface area contributed by atoms with Gasteiger partial charge in [-0.3, -0.25) is 0 Å². The maximum atomic E-state index is 13.3. The number of ether oxygens (including phenoxy) is 5. The Labute approximate surface area is 692 Å². The van der Waals surface area contributed by atoms with Gasteiger partial charge in [0, 0.05) is 37.3 Å². The van der Waals surface area contributed by atoms with Crippen LogP contribution >= 0.6 is 0 Å². The highest BCUT2D eigenvalue weighted by atomic mass is 19.4. The SMILES string of the molecule is COc1ccc(-c2cc(OC[C@@H](N)CCCN)cc(-c3ccc(OC)cc3)c2)cc1.NCCC[C@H](N)CNCc1cc(-c2ccccc2)cc(-c2ccccc2)c1.NCCC[C@H](N)COc1cc(-c2ccc(C(F)(F)F)cc2)cc(-c2ccc(C(F)(F)F)cc2)c1.NCCC[C@H](N)COc1cc(-c2ccc(F)cc2)cc(-c2ccc(F)cc2)c1. The highest BCUT2D eigenvalue weighted by molar-refractivity contribution is 5.79. The van der Waals surface area contributed by atoms with E-state index in [-0.39, 0.29) is 42.4 Å². The lowest BCUT2D eigenvalue weighted by Gasteiger charge is -2.16. The van der Waals surface area contributed by atoms with Crippen molar-refractivity contribution in [1.82, 2.24) is 5.32 Å². The van der Waals surface area contributed by atoms with E-state index < -0.39 is 23.5 Å². The minimum atomic E-state index is -4.46. The Balaban J connectivity index is 0.000000181. The first-order valence-electron chi connectivity index (χ1n) is 39.7. The molecule has 626 valence electrons. The summed E-state index contributed by atoms with van der Waals surface area (Å²) in [4.78, 5) is 0. The molecule has 0 aliphatic heterocycles. The molecule has 119 heavy (non-hydrogen) atoms. The molecule has 0 aromatic heterocycles. The van der Waals surface area contributed by atoms with E-state index in [1.807, 2.05) is 78.9 Å². The Morgan fingerprint density at radius 2 is 0.529 bits per heavy atom. The van der Waals surface area contributed by atoms with Crippen LogP contribution in [0.1, 0.15) is 68.1 Å². The van der Waals surface area contributed by atoms with Gasteiger partial charge in [-0.15, -0.1) is 0 Å². The summed E-state index contributed by atoms with van der Waals surface area (Å²) < 4.78 is 133. The molecule has 0 heterocycles. The van der Waals surface area contributed by atoms with E-state index in [1.54, 1.807) is 56.7 Å². The second-order valence-electron chi connectivity index (χ2n) is 28.8. The number of methoxy groups -OCH3 is 2. The number of hydrogen-bond donors (Lipinski definition) is 9. The fourth-order valence-corrected chi connectivity index (χ4v) is 12.9.